The highest BCUT2D eigenvalue weighted by molar-refractivity contribution is 7.92. The van der Waals surface area contributed by atoms with Crippen LogP contribution < -0.4 is 9.62 Å². The van der Waals surface area contributed by atoms with Gasteiger partial charge in [-0.05, 0) is 51.5 Å². The molecule has 2 N–H and O–H groups in total. The molecule has 7 nitrogen and oxygen atoms in total. The van der Waals surface area contributed by atoms with Gasteiger partial charge in [0.1, 0.15) is 4.90 Å². The molecule has 0 radical (unpaired) electrons. The minimum Gasteiger partial charge on any atom is -0.314 e. The molecule has 0 saturated heterocycles. The standard InChI is InChI=1S/C16H20N4O3S/c1-9-14(10(2)18-17-9)24(22,23)19-11-6-7-13-12(8-11)16(3,4)15(21)20(13)5/h6-8,19H,1-5H3,(H,17,18). The van der Waals surface area contributed by atoms with Gasteiger partial charge < -0.3 is 4.90 Å². The Kier molecular flexibility index (Phi) is 3.49. The number of rotatable bonds is 3. The maximum atomic E-state index is 12.6. The highest BCUT2D eigenvalue weighted by Crippen LogP contribution is 2.42. The summed E-state index contributed by atoms with van der Waals surface area (Å²) in [5, 5.41) is 6.60. The van der Waals surface area contributed by atoms with Crippen molar-refractivity contribution in [3.05, 3.63) is 35.2 Å². The van der Waals surface area contributed by atoms with Crippen LogP contribution in [0.25, 0.3) is 0 Å². The van der Waals surface area contributed by atoms with Crippen LogP contribution in [0.2, 0.25) is 0 Å². The smallest absolute Gasteiger partial charge is 0.265 e. The zero-order valence-corrected chi connectivity index (χ0v) is 15.1. The van der Waals surface area contributed by atoms with Gasteiger partial charge in [-0.15, -0.1) is 0 Å². The number of aromatic nitrogens is 2. The SMILES string of the molecule is Cc1n[nH]c(C)c1S(=O)(=O)Nc1ccc2c(c1)C(C)(C)C(=O)N2C. The maximum Gasteiger partial charge on any atom is 0.265 e. The fourth-order valence-corrected chi connectivity index (χ4v) is 4.60. The average molecular weight is 348 g/mol. The molecule has 0 spiro atoms. The molecule has 3 rings (SSSR count). The van der Waals surface area contributed by atoms with Gasteiger partial charge in [0, 0.05) is 18.4 Å². The first kappa shape index (κ1) is 16.5. The van der Waals surface area contributed by atoms with Gasteiger partial charge in [0.05, 0.1) is 16.8 Å². The molecular weight excluding hydrogens is 328 g/mol. The Hall–Kier alpha value is -2.35. The Morgan fingerprint density at radius 3 is 2.50 bits per heavy atom. The lowest BCUT2D eigenvalue weighted by molar-refractivity contribution is -0.121. The predicted molar refractivity (Wildman–Crippen MR) is 91.7 cm³/mol. The summed E-state index contributed by atoms with van der Waals surface area (Å²) in [7, 11) is -2.04. The summed E-state index contributed by atoms with van der Waals surface area (Å²) in [6.45, 7) is 6.96. The van der Waals surface area contributed by atoms with E-state index in [0.717, 1.165) is 11.3 Å². The molecule has 1 aromatic heterocycles. The van der Waals surface area contributed by atoms with Crippen molar-refractivity contribution in [3.63, 3.8) is 0 Å². The predicted octanol–water partition coefficient (Wildman–Crippen LogP) is 2.08. The lowest BCUT2D eigenvalue weighted by Gasteiger charge is -2.17. The zero-order chi connectivity index (χ0) is 17.9. The van der Waals surface area contributed by atoms with Gasteiger partial charge in [0.15, 0.2) is 0 Å². The molecule has 1 aliphatic heterocycles. The van der Waals surface area contributed by atoms with Gasteiger partial charge in [-0.1, -0.05) is 0 Å². The first-order valence-corrected chi connectivity index (χ1v) is 9.01. The number of aromatic amines is 1. The number of benzene rings is 1. The molecule has 1 aliphatic rings. The van der Waals surface area contributed by atoms with Crippen LogP contribution in [-0.2, 0) is 20.2 Å². The molecular formula is C16H20N4O3S. The second-order valence-corrected chi connectivity index (χ2v) is 8.21. The van der Waals surface area contributed by atoms with Crippen molar-refractivity contribution in [2.45, 2.75) is 38.0 Å². The zero-order valence-electron chi connectivity index (χ0n) is 14.3. The number of carbonyl (C=O) groups is 1. The molecule has 0 unspecified atom stereocenters. The average Bonchev–Trinajstić information content (AvgIpc) is 2.91. The lowest BCUT2D eigenvalue weighted by Crippen LogP contribution is -2.33. The molecule has 2 aromatic rings. The summed E-state index contributed by atoms with van der Waals surface area (Å²) in [5.74, 6) is -0.0148. The highest BCUT2D eigenvalue weighted by Gasteiger charge is 2.42. The van der Waals surface area contributed by atoms with Crippen LogP contribution in [0.4, 0.5) is 11.4 Å². The van der Waals surface area contributed by atoms with E-state index < -0.39 is 15.4 Å². The molecule has 0 fully saturated rings. The van der Waals surface area contributed by atoms with Crippen molar-refractivity contribution in [2.75, 3.05) is 16.7 Å². The van der Waals surface area contributed by atoms with E-state index in [1.807, 2.05) is 13.8 Å². The Bertz CT molecular complexity index is 925. The number of H-pyrrole nitrogens is 1. The number of anilines is 2. The fourth-order valence-electron chi connectivity index (χ4n) is 3.18. The van der Waals surface area contributed by atoms with Crippen molar-refractivity contribution in [3.8, 4) is 0 Å². The topological polar surface area (TPSA) is 95.2 Å². The molecule has 24 heavy (non-hydrogen) atoms. The number of nitrogens with one attached hydrogen (secondary N) is 2. The van der Waals surface area contributed by atoms with E-state index in [4.69, 9.17) is 0 Å². The largest absolute Gasteiger partial charge is 0.314 e. The second kappa shape index (κ2) is 5.07. The first-order valence-electron chi connectivity index (χ1n) is 7.53. The van der Waals surface area contributed by atoms with Crippen LogP contribution in [0.1, 0.15) is 30.8 Å². The number of hydrogen-bond acceptors (Lipinski definition) is 4. The number of sulfonamides is 1. The quantitative estimate of drug-likeness (QED) is 0.888. The molecule has 2 heterocycles. The minimum atomic E-state index is -3.76. The van der Waals surface area contributed by atoms with Crippen LogP contribution in [-0.4, -0.2) is 31.6 Å². The number of fused-ring (bicyclic) bond motifs is 1. The monoisotopic (exact) mass is 348 g/mol. The van der Waals surface area contributed by atoms with Gasteiger partial charge >= 0.3 is 0 Å². The Labute approximate surface area is 141 Å². The van der Waals surface area contributed by atoms with E-state index >= 15 is 0 Å². The first-order chi connectivity index (χ1) is 11.1. The number of amides is 1. The minimum absolute atomic E-state index is 0.0148. The van der Waals surface area contributed by atoms with Crippen molar-refractivity contribution >= 4 is 27.3 Å². The maximum absolute atomic E-state index is 12.6. The third kappa shape index (κ3) is 2.29. The van der Waals surface area contributed by atoms with Crippen LogP contribution >= 0.6 is 0 Å². The van der Waals surface area contributed by atoms with Crippen LogP contribution in [0, 0.1) is 13.8 Å². The van der Waals surface area contributed by atoms with Crippen LogP contribution in [0.3, 0.4) is 0 Å². The Morgan fingerprint density at radius 1 is 1.25 bits per heavy atom. The van der Waals surface area contributed by atoms with E-state index in [-0.39, 0.29) is 10.8 Å². The van der Waals surface area contributed by atoms with Crippen molar-refractivity contribution in [2.24, 2.45) is 0 Å². The summed E-state index contributed by atoms with van der Waals surface area (Å²) in [6, 6.07) is 5.14. The van der Waals surface area contributed by atoms with Crippen molar-refractivity contribution in [1.29, 1.82) is 0 Å². The van der Waals surface area contributed by atoms with E-state index in [2.05, 4.69) is 14.9 Å². The van der Waals surface area contributed by atoms with E-state index in [0.29, 0.717) is 17.1 Å². The number of nitrogens with zero attached hydrogens (tertiary/aromatic N) is 2. The second-order valence-electron chi connectivity index (χ2n) is 6.59. The van der Waals surface area contributed by atoms with Crippen LogP contribution in [0.15, 0.2) is 23.1 Å². The molecule has 1 aromatic carbocycles. The number of aryl methyl sites for hydroxylation is 2. The van der Waals surface area contributed by atoms with Gasteiger partial charge in [-0.25, -0.2) is 8.42 Å². The van der Waals surface area contributed by atoms with E-state index in [9.17, 15) is 13.2 Å². The van der Waals surface area contributed by atoms with Crippen molar-refractivity contribution in [1.82, 2.24) is 10.2 Å². The van der Waals surface area contributed by atoms with Gasteiger partial charge in [-0.2, -0.15) is 5.10 Å². The Balaban J connectivity index is 2.02. The molecule has 0 bridgehead atoms. The third-order valence-electron chi connectivity index (χ3n) is 4.45. The van der Waals surface area contributed by atoms with Gasteiger partial charge in [0.2, 0.25) is 5.91 Å². The normalized spacial score (nSPS) is 16.4. The molecule has 0 aliphatic carbocycles. The molecule has 1 amide bonds. The van der Waals surface area contributed by atoms with E-state index in [1.54, 1.807) is 44.0 Å². The summed E-state index contributed by atoms with van der Waals surface area (Å²) in [4.78, 5) is 14.1. The van der Waals surface area contributed by atoms with E-state index in [1.165, 1.54) is 0 Å². The fraction of sp³-hybridized carbons (Fsp3) is 0.375. The van der Waals surface area contributed by atoms with Crippen LogP contribution in [0.5, 0.6) is 0 Å². The van der Waals surface area contributed by atoms with Gasteiger partial charge in [0.25, 0.3) is 10.0 Å². The molecule has 128 valence electrons. The molecule has 0 saturated carbocycles. The summed E-state index contributed by atoms with van der Waals surface area (Å²) >= 11 is 0. The number of likely N-dealkylation sites (N-methyl/N-ethyl adjacent to an activating group) is 1. The van der Waals surface area contributed by atoms with Gasteiger partial charge in [-0.3, -0.25) is 14.6 Å². The summed E-state index contributed by atoms with van der Waals surface area (Å²) < 4.78 is 27.9. The lowest BCUT2D eigenvalue weighted by atomic mass is 9.86. The third-order valence-corrected chi connectivity index (χ3v) is 6.10. The number of carbonyl (C=O) groups excluding carboxylic acids is 1. The molecule has 0 atom stereocenters. The highest BCUT2D eigenvalue weighted by atomic mass is 32.2. The Morgan fingerprint density at radius 2 is 1.92 bits per heavy atom. The molecule has 8 heteroatoms. The van der Waals surface area contributed by atoms with Crippen molar-refractivity contribution < 1.29 is 13.2 Å². The summed E-state index contributed by atoms with van der Waals surface area (Å²) in [6.07, 6.45) is 0. The number of hydrogen-bond donors (Lipinski definition) is 2. The summed E-state index contributed by atoms with van der Waals surface area (Å²) in [5.41, 5.74) is 2.23.